The molecule has 1 fully saturated rings. The second-order valence-corrected chi connectivity index (χ2v) is 7.12. The molecule has 2 N–H and O–H groups in total. The minimum absolute atomic E-state index is 0. The van der Waals surface area contributed by atoms with Crippen LogP contribution in [0.2, 0.25) is 0 Å². The molecule has 1 aromatic rings. The summed E-state index contributed by atoms with van der Waals surface area (Å²) in [4.78, 5) is 10.3. The molecule has 9 heteroatoms. The first-order chi connectivity index (χ1) is 9.81. The molecular weight excluding hydrogens is 330 g/mol. The molecule has 0 aliphatic carbocycles. The Morgan fingerprint density at radius 2 is 2.09 bits per heavy atom. The summed E-state index contributed by atoms with van der Waals surface area (Å²) in [6.07, 6.45) is 0.703. The van der Waals surface area contributed by atoms with E-state index in [1.54, 1.807) is 6.92 Å². The zero-order valence-corrected chi connectivity index (χ0v) is 14.0. The lowest BCUT2D eigenvalue weighted by Crippen LogP contribution is -2.48. The number of nitro groups is 1. The van der Waals surface area contributed by atoms with E-state index >= 15 is 0 Å². The number of hydrogen-bond acceptors (Lipinski definition) is 5. The van der Waals surface area contributed by atoms with E-state index < -0.39 is 14.9 Å². The van der Waals surface area contributed by atoms with Gasteiger partial charge in [0.15, 0.2) is 0 Å². The topological polar surface area (TPSA) is 101 Å². The molecule has 7 nitrogen and oxygen atoms in total. The van der Waals surface area contributed by atoms with Crippen LogP contribution in [-0.4, -0.2) is 32.5 Å². The molecule has 0 amide bonds. The molecule has 1 aliphatic rings. The number of sulfonamides is 1. The van der Waals surface area contributed by atoms with Gasteiger partial charge in [-0.15, -0.1) is 12.4 Å². The first-order valence-electron chi connectivity index (χ1n) is 6.79. The van der Waals surface area contributed by atoms with Crippen molar-refractivity contribution in [2.75, 3.05) is 13.1 Å². The molecule has 1 aliphatic heterocycles. The fourth-order valence-electron chi connectivity index (χ4n) is 2.41. The molecule has 2 rings (SSSR count). The van der Waals surface area contributed by atoms with Crippen LogP contribution in [0, 0.1) is 23.0 Å². The summed E-state index contributed by atoms with van der Waals surface area (Å²) in [5, 5.41) is 14.1. The van der Waals surface area contributed by atoms with Crippen molar-refractivity contribution in [1.82, 2.24) is 10.0 Å². The van der Waals surface area contributed by atoms with Crippen molar-refractivity contribution in [3.05, 3.63) is 33.9 Å². The third-order valence-electron chi connectivity index (χ3n) is 3.78. The molecule has 1 aromatic carbocycles. The van der Waals surface area contributed by atoms with Gasteiger partial charge in [0.25, 0.3) is 5.69 Å². The Kier molecular flexibility index (Phi) is 6.30. The smallest absolute Gasteiger partial charge is 0.273 e. The standard InChI is InChI=1S/C13H19N3O4S.ClH/c1-9-3-4-11(7-13(9)16(17)18)21(19,20)15-12-5-6-14-8-10(12)2;/h3-4,7,10,12,14-15H,5-6,8H2,1-2H3;1H. The minimum atomic E-state index is -3.75. The molecule has 0 saturated carbocycles. The van der Waals surface area contributed by atoms with Crippen LogP contribution in [0.1, 0.15) is 18.9 Å². The number of aryl methyl sites for hydroxylation is 1. The van der Waals surface area contributed by atoms with E-state index in [9.17, 15) is 18.5 Å². The van der Waals surface area contributed by atoms with E-state index in [4.69, 9.17) is 0 Å². The van der Waals surface area contributed by atoms with Gasteiger partial charge < -0.3 is 5.32 Å². The third-order valence-corrected chi connectivity index (χ3v) is 5.27. The fraction of sp³-hybridized carbons (Fsp3) is 0.538. The van der Waals surface area contributed by atoms with Gasteiger partial charge in [-0.2, -0.15) is 0 Å². The fourth-order valence-corrected chi connectivity index (χ4v) is 3.81. The van der Waals surface area contributed by atoms with Crippen LogP contribution in [-0.2, 0) is 10.0 Å². The van der Waals surface area contributed by atoms with Crippen LogP contribution in [0.15, 0.2) is 23.1 Å². The van der Waals surface area contributed by atoms with Crippen molar-refractivity contribution < 1.29 is 13.3 Å². The van der Waals surface area contributed by atoms with Crippen molar-refractivity contribution >= 4 is 28.1 Å². The summed E-state index contributed by atoms with van der Waals surface area (Å²) < 4.78 is 27.4. The molecule has 0 radical (unpaired) electrons. The molecule has 124 valence electrons. The molecule has 2 atom stereocenters. The Morgan fingerprint density at radius 3 is 2.68 bits per heavy atom. The van der Waals surface area contributed by atoms with Crippen molar-refractivity contribution in [3.8, 4) is 0 Å². The van der Waals surface area contributed by atoms with Gasteiger partial charge in [-0.05, 0) is 38.4 Å². The summed E-state index contributed by atoms with van der Waals surface area (Å²) in [7, 11) is -3.75. The van der Waals surface area contributed by atoms with E-state index in [2.05, 4.69) is 10.0 Å². The number of benzene rings is 1. The zero-order chi connectivity index (χ0) is 15.6. The van der Waals surface area contributed by atoms with E-state index in [1.807, 2.05) is 6.92 Å². The Morgan fingerprint density at radius 1 is 1.41 bits per heavy atom. The predicted octanol–water partition coefficient (Wildman–Crippen LogP) is 1.60. The van der Waals surface area contributed by atoms with Gasteiger partial charge in [0.05, 0.1) is 9.82 Å². The summed E-state index contributed by atoms with van der Waals surface area (Å²) in [5.41, 5.74) is 0.255. The Balaban J connectivity index is 0.00000242. The monoisotopic (exact) mass is 349 g/mol. The summed E-state index contributed by atoms with van der Waals surface area (Å²) in [5.74, 6) is 0.175. The average molecular weight is 350 g/mol. The maximum Gasteiger partial charge on any atom is 0.273 e. The van der Waals surface area contributed by atoms with Gasteiger partial charge in [-0.1, -0.05) is 13.0 Å². The third kappa shape index (κ3) is 4.16. The number of rotatable bonds is 4. The van der Waals surface area contributed by atoms with E-state index in [0.29, 0.717) is 12.0 Å². The number of hydrogen-bond donors (Lipinski definition) is 2. The Bertz CT molecular complexity index is 651. The van der Waals surface area contributed by atoms with E-state index in [1.165, 1.54) is 12.1 Å². The highest BCUT2D eigenvalue weighted by Crippen LogP contribution is 2.23. The van der Waals surface area contributed by atoms with Crippen LogP contribution < -0.4 is 10.0 Å². The number of nitrogens with one attached hydrogen (secondary N) is 2. The van der Waals surface area contributed by atoms with Crippen molar-refractivity contribution in [2.24, 2.45) is 5.92 Å². The zero-order valence-electron chi connectivity index (χ0n) is 12.4. The molecule has 22 heavy (non-hydrogen) atoms. The SMILES string of the molecule is Cc1ccc(S(=O)(=O)NC2CCNCC2C)cc1[N+](=O)[O-].Cl. The lowest BCUT2D eigenvalue weighted by molar-refractivity contribution is -0.385. The highest BCUT2D eigenvalue weighted by atomic mass is 35.5. The highest BCUT2D eigenvalue weighted by molar-refractivity contribution is 7.89. The van der Waals surface area contributed by atoms with Crippen molar-refractivity contribution in [1.29, 1.82) is 0 Å². The normalized spacial score (nSPS) is 21.9. The van der Waals surface area contributed by atoms with Gasteiger partial charge in [0, 0.05) is 17.7 Å². The molecule has 0 aromatic heterocycles. The van der Waals surface area contributed by atoms with Gasteiger partial charge in [0.1, 0.15) is 0 Å². The first kappa shape index (κ1) is 18.8. The molecule has 2 unspecified atom stereocenters. The number of nitrogens with zero attached hydrogens (tertiary/aromatic N) is 1. The van der Waals surface area contributed by atoms with Gasteiger partial charge >= 0.3 is 0 Å². The van der Waals surface area contributed by atoms with Crippen LogP contribution in [0.25, 0.3) is 0 Å². The number of piperidine rings is 1. The predicted molar refractivity (Wildman–Crippen MR) is 85.8 cm³/mol. The van der Waals surface area contributed by atoms with Gasteiger partial charge in [0.2, 0.25) is 10.0 Å². The van der Waals surface area contributed by atoms with Crippen LogP contribution >= 0.6 is 12.4 Å². The molecular formula is C13H20ClN3O4S. The van der Waals surface area contributed by atoms with Crippen molar-refractivity contribution in [3.63, 3.8) is 0 Å². The molecule has 0 bridgehead atoms. The Labute approximate surface area is 136 Å². The quantitative estimate of drug-likeness (QED) is 0.635. The largest absolute Gasteiger partial charge is 0.316 e. The van der Waals surface area contributed by atoms with Crippen molar-refractivity contribution in [2.45, 2.75) is 31.2 Å². The molecule has 0 spiro atoms. The second-order valence-electron chi connectivity index (χ2n) is 5.40. The molecule has 1 saturated heterocycles. The minimum Gasteiger partial charge on any atom is -0.316 e. The van der Waals surface area contributed by atoms with Crippen LogP contribution in [0.3, 0.4) is 0 Å². The maximum atomic E-state index is 12.4. The highest BCUT2D eigenvalue weighted by Gasteiger charge is 2.27. The maximum absolute atomic E-state index is 12.4. The summed E-state index contributed by atoms with van der Waals surface area (Å²) in [6, 6.07) is 3.81. The summed E-state index contributed by atoms with van der Waals surface area (Å²) in [6.45, 7) is 5.06. The van der Waals surface area contributed by atoms with E-state index in [0.717, 1.165) is 19.2 Å². The number of nitro benzene ring substituents is 1. The first-order valence-corrected chi connectivity index (χ1v) is 8.27. The van der Waals surface area contributed by atoms with Crippen LogP contribution in [0.5, 0.6) is 0 Å². The van der Waals surface area contributed by atoms with E-state index in [-0.39, 0.29) is 34.9 Å². The number of halogens is 1. The van der Waals surface area contributed by atoms with Crippen LogP contribution in [0.4, 0.5) is 5.69 Å². The molecule has 1 heterocycles. The van der Waals surface area contributed by atoms with Gasteiger partial charge in [-0.3, -0.25) is 10.1 Å². The average Bonchev–Trinajstić information content (AvgIpc) is 2.41. The Hall–Kier alpha value is -1.22. The second kappa shape index (κ2) is 7.36. The summed E-state index contributed by atoms with van der Waals surface area (Å²) >= 11 is 0. The van der Waals surface area contributed by atoms with Gasteiger partial charge in [-0.25, -0.2) is 13.1 Å². The lowest BCUT2D eigenvalue weighted by Gasteiger charge is -2.29. The lowest BCUT2D eigenvalue weighted by atomic mass is 9.97.